The van der Waals surface area contributed by atoms with E-state index in [0.717, 1.165) is 31.5 Å². The Hall–Kier alpha value is 3.68. The molecule has 0 aromatic carbocycles. The molecule has 8 heteroatoms. The first-order valence-corrected chi connectivity index (χ1v) is 11.3. The average molecular weight is 748 g/mol. The molecule has 0 amide bonds. The summed E-state index contributed by atoms with van der Waals surface area (Å²) in [6.07, 6.45) is 15.8. The third kappa shape index (κ3) is 26.3. The standard InChI is InChI=1S/C6H9O.C6H9S.C5H7O.C5H7S.4Y/c2*1-6-3-2-4-7-5-6;2*1-5-2-3-6-4-5;;;;/h2*2,6H,3,5H2,1H3;2*2,5H,4H2,1H3;;;;/q4*-1;;;;. The quantitative estimate of drug-likeness (QED) is 0.280. The molecule has 0 aromatic heterocycles. The molecule has 4 atom stereocenters. The van der Waals surface area contributed by atoms with Crippen LogP contribution in [-0.2, 0) is 140 Å². The van der Waals surface area contributed by atoms with Gasteiger partial charge in [0.1, 0.15) is 0 Å². The van der Waals surface area contributed by atoms with Crippen molar-refractivity contribution in [2.24, 2.45) is 23.7 Å². The third-order valence-corrected chi connectivity index (χ3v) is 5.74. The molecule has 0 N–H and O–H groups in total. The summed E-state index contributed by atoms with van der Waals surface area (Å²) in [6.45, 7) is 10.4. The molecular formula is C22H32O2S2Y4-4. The van der Waals surface area contributed by atoms with Crippen LogP contribution in [-0.4, -0.2) is 24.7 Å². The van der Waals surface area contributed by atoms with E-state index < -0.39 is 0 Å². The summed E-state index contributed by atoms with van der Waals surface area (Å²) < 4.78 is 9.63. The molecule has 4 aliphatic heterocycles. The molecule has 4 rings (SSSR count). The number of hydrogen-bond acceptors (Lipinski definition) is 4. The Labute approximate surface area is 295 Å². The maximum Gasteiger partial charge on any atom is 0.0489 e. The molecule has 0 bridgehead atoms. The number of thioether (sulfide) groups is 2. The minimum absolute atomic E-state index is 0. The maximum absolute atomic E-state index is 4.88. The van der Waals surface area contributed by atoms with Gasteiger partial charge in [-0.2, -0.15) is 0 Å². The summed E-state index contributed by atoms with van der Waals surface area (Å²) in [5, 5.41) is 6.17. The Morgan fingerprint density at radius 3 is 1.50 bits per heavy atom. The zero-order valence-corrected chi connectivity index (χ0v) is 31.8. The molecule has 0 fully saturated rings. The fourth-order valence-electron chi connectivity index (χ4n) is 1.92. The predicted octanol–water partition coefficient (Wildman–Crippen LogP) is 6.08. The molecule has 0 saturated heterocycles. The van der Waals surface area contributed by atoms with Gasteiger partial charge in [0.05, 0.1) is 0 Å². The van der Waals surface area contributed by atoms with Crippen LogP contribution in [0.5, 0.6) is 0 Å². The van der Waals surface area contributed by atoms with Gasteiger partial charge < -0.3 is 56.3 Å². The van der Waals surface area contributed by atoms with E-state index in [4.69, 9.17) is 9.47 Å². The van der Waals surface area contributed by atoms with E-state index >= 15 is 0 Å². The maximum atomic E-state index is 4.88. The first kappa shape index (κ1) is 40.8. The van der Waals surface area contributed by atoms with Crippen molar-refractivity contribution in [3.05, 3.63) is 47.6 Å². The Morgan fingerprint density at radius 2 is 1.30 bits per heavy atom. The normalized spacial score (nSPS) is 26.5. The second-order valence-electron chi connectivity index (χ2n) is 7.09. The van der Waals surface area contributed by atoms with Crippen LogP contribution in [0.15, 0.2) is 24.3 Å². The first-order valence-electron chi connectivity index (χ1n) is 9.37. The van der Waals surface area contributed by atoms with E-state index in [2.05, 4.69) is 63.2 Å². The Balaban J connectivity index is -0.000000144. The minimum Gasteiger partial charge on any atom is -0.693 e. The van der Waals surface area contributed by atoms with Gasteiger partial charge in [-0.05, 0) is 29.3 Å². The van der Waals surface area contributed by atoms with E-state index in [0.29, 0.717) is 11.8 Å². The summed E-state index contributed by atoms with van der Waals surface area (Å²) in [5.41, 5.74) is 0. The summed E-state index contributed by atoms with van der Waals surface area (Å²) in [5.74, 6) is 5.43. The van der Waals surface area contributed by atoms with Crippen LogP contribution in [0, 0.1) is 47.0 Å². The van der Waals surface area contributed by atoms with Crippen molar-refractivity contribution in [3.63, 3.8) is 0 Å². The molecule has 30 heavy (non-hydrogen) atoms. The Morgan fingerprint density at radius 1 is 0.667 bits per heavy atom. The SMILES string of the molecule is CC1C=[C-]OC1.CC1C=[C-]SC1.CC1CC=[C-]OC1.CC1CC=[C-]SC1.[Y].[Y].[Y].[Y]. The van der Waals surface area contributed by atoms with Gasteiger partial charge in [0.15, 0.2) is 0 Å². The number of ether oxygens (including phenoxy) is 2. The van der Waals surface area contributed by atoms with Crippen LogP contribution in [0.2, 0.25) is 0 Å². The summed E-state index contributed by atoms with van der Waals surface area (Å²) >= 11 is 3.57. The van der Waals surface area contributed by atoms with Crippen molar-refractivity contribution in [3.8, 4) is 0 Å². The number of hydrogen-bond donors (Lipinski definition) is 0. The van der Waals surface area contributed by atoms with E-state index in [1.165, 1.54) is 17.9 Å². The molecule has 0 spiro atoms. The van der Waals surface area contributed by atoms with Crippen molar-refractivity contribution in [2.45, 2.75) is 40.5 Å². The second-order valence-corrected chi connectivity index (χ2v) is 8.81. The van der Waals surface area contributed by atoms with Gasteiger partial charge in [0.25, 0.3) is 0 Å². The van der Waals surface area contributed by atoms with E-state index in [1.807, 2.05) is 12.2 Å². The van der Waals surface area contributed by atoms with Crippen LogP contribution in [0.25, 0.3) is 0 Å². The topological polar surface area (TPSA) is 18.5 Å². The Kier molecular flexibility index (Phi) is 39.3. The van der Waals surface area contributed by atoms with Crippen LogP contribution in [0.4, 0.5) is 0 Å². The molecule has 4 unspecified atom stereocenters. The summed E-state index contributed by atoms with van der Waals surface area (Å²) in [4.78, 5) is 0. The van der Waals surface area contributed by atoms with E-state index in [-0.39, 0.29) is 131 Å². The molecule has 160 valence electrons. The molecule has 2 nitrogen and oxygen atoms in total. The van der Waals surface area contributed by atoms with Gasteiger partial charge in [-0.25, -0.2) is 12.2 Å². The minimum atomic E-state index is 0. The fourth-order valence-corrected chi connectivity index (χ4v) is 3.43. The summed E-state index contributed by atoms with van der Waals surface area (Å²) in [7, 11) is 0. The van der Waals surface area contributed by atoms with Crippen LogP contribution in [0.3, 0.4) is 0 Å². The van der Waals surface area contributed by atoms with Gasteiger partial charge in [0, 0.05) is 144 Å². The van der Waals surface area contributed by atoms with Crippen molar-refractivity contribution < 1.29 is 140 Å². The molecule has 4 heterocycles. The van der Waals surface area contributed by atoms with Gasteiger partial charge in [-0.3, -0.25) is 12.2 Å². The molecular weight excluding hydrogens is 716 g/mol. The van der Waals surface area contributed by atoms with E-state index in [1.54, 1.807) is 23.5 Å². The van der Waals surface area contributed by atoms with Crippen LogP contribution in [0.1, 0.15) is 40.5 Å². The van der Waals surface area contributed by atoms with Crippen LogP contribution < -0.4 is 0 Å². The zero-order chi connectivity index (χ0) is 19.0. The van der Waals surface area contributed by atoms with Crippen molar-refractivity contribution in [1.82, 2.24) is 0 Å². The predicted molar refractivity (Wildman–Crippen MR) is 114 cm³/mol. The van der Waals surface area contributed by atoms with Crippen molar-refractivity contribution >= 4 is 23.5 Å². The van der Waals surface area contributed by atoms with Gasteiger partial charge in [-0.1, -0.05) is 46.5 Å². The van der Waals surface area contributed by atoms with Gasteiger partial charge in [0.2, 0.25) is 0 Å². The number of rotatable bonds is 0. The van der Waals surface area contributed by atoms with Crippen molar-refractivity contribution in [1.29, 1.82) is 0 Å². The fraction of sp³-hybridized carbons (Fsp3) is 0.636. The molecule has 4 aliphatic rings. The molecule has 0 aromatic rings. The second kappa shape index (κ2) is 28.9. The van der Waals surface area contributed by atoms with Gasteiger partial charge in [-0.15, -0.1) is 0 Å². The van der Waals surface area contributed by atoms with E-state index in [9.17, 15) is 0 Å². The molecule has 0 aliphatic carbocycles. The van der Waals surface area contributed by atoms with Crippen molar-refractivity contribution in [2.75, 3.05) is 24.7 Å². The third-order valence-electron chi connectivity index (χ3n) is 3.67. The Bertz CT molecular complexity index is 432. The summed E-state index contributed by atoms with van der Waals surface area (Å²) in [6, 6.07) is 0. The first-order chi connectivity index (χ1) is 12.6. The number of allylic oxidation sites excluding steroid dienone is 3. The molecule has 4 radical (unpaired) electrons. The van der Waals surface area contributed by atoms with Crippen LogP contribution >= 0.6 is 23.5 Å². The van der Waals surface area contributed by atoms with Gasteiger partial charge >= 0.3 is 0 Å². The molecule has 0 saturated carbocycles. The monoisotopic (exact) mass is 748 g/mol. The average Bonchev–Trinajstić information content (AvgIpc) is 3.31. The largest absolute Gasteiger partial charge is 0.693 e. The zero-order valence-electron chi connectivity index (χ0n) is 18.8. The smallest absolute Gasteiger partial charge is 0.0489 e.